The molecule has 188 valence electrons. The third-order valence-electron chi connectivity index (χ3n) is 4.75. The number of thioether (sulfide) groups is 1. The number of carbonyl (C=O) groups excluding carboxylic acids is 2. The smallest absolute Gasteiger partial charge is 0.793 e. The fraction of sp³-hybridized carbons (Fsp3) is 0.417. The number of pyridine rings is 2. The molecular formula is C24H30BrN6NaO2S2. The first-order valence-corrected chi connectivity index (χ1v) is 13.9. The summed E-state index contributed by atoms with van der Waals surface area (Å²) in [6.07, 6.45) is 3.56. The van der Waals surface area contributed by atoms with E-state index in [1.165, 1.54) is 0 Å². The number of carbonyl (C=O) groups is 2. The number of alkyl halides is 1. The van der Waals surface area contributed by atoms with Gasteiger partial charge in [0.1, 0.15) is 11.0 Å². The number of nitrogens with zero attached hydrogens (tertiary/aromatic N) is 6. The SMILES string of the molecule is CCSCC(=O)c1nc2cc(C)cnc2n1C.CC[S-].Cc1cnc2c(c1)nc(C(=O)CBr)n2C.[Na+]. The third-order valence-corrected chi connectivity index (χ3v) is 6.13. The largest absolute Gasteiger partial charge is 1.00 e. The third kappa shape index (κ3) is 8.39. The van der Waals surface area contributed by atoms with Crippen LogP contribution in [0.5, 0.6) is 0 Å². The molecule has 8 nitrogen and oxygen atoms in total. The first kappa shape index (κ1) is 32.8. The number of hydrogen-bond donors (Lipinski definition) is 0. The first-order valence-electron chi connectivity index (χ1n) is 11.0. The van der Waals surface area contributed by atoms with Gasteiger partial charge in [0.25, 0.3) is 0 Å². The predicted octanol–water partition coefficient (Wildman–Crippen LogP) is 1.62. The number of Topliss-reactive ketones (excluding diaryl/α,β-unsaturated/α-hetero) is 2. The number of aryl methyl sites for hydroxylation is 4. The van der Waals surface area contributed by atoms with Crippen molar-refractivity contribution >= 4 is 74.2 Å². The Kier molecular flexibility index (Phi) is 14.5. The molecule has 0 amide bonds. The number of hydrogen-bond acceptors (Lipinski definition) is 8. The minimum Gasteiger partial charge on any atom is -0.793 e. The Labute approximate surface area is 252 Å². The van der Waals surface area contributed by atoms with Gasteiger partial charge in [0, 0.05) is 26.5 Å². The van der Waals surface area contributed by atoms with Gasteiger partial charge in [-0.15, -0.1) is 0 Å². The van der Waals surface area contributed by atoms with Gasteiger partial charge in [-0.3, -0.25) is 9.59 Å². The zero-order chi connectivity index (χ0) is 26.1. The van der Waals surface area contributed by atoms with E-state index in [0.29, 0.717) is 17.4 Å². The average Bonchev–Trinajstić information content (AvgIpc) is 3.33. The second-order valence-corrected chi connectivity index (χ2v) is 10.0. The van der Waals surface area contributed by atoms with Gasteiger partial charge >= 0.3 is 29.6 Å². The molecule has 0 fully saturated rings. The van der Waals surface area contributed by atoms with E-state index in [-0.39, 0.29) is 46.5 Å². The van der Waals surface area contributed by atoms with Gasteiger partial charge in [-0.1, -0.05) is 29.8 Å². The van der Waals surface area contributed by atoms with E-state index < -0.39 is 0 Å². The van der Waals surface area contributed by atoms with Crippen LogP contribution in [0, 0.1) is 13.8 Å². The molecule has 0 radical (unpaired) electrons. The van der Waals surface area contributed by atoms with Crippen LogP contribution in [0.1, 0.15) is 46.2 Å². The molecule has 0 aromatic carbocycles. The molecule has 4 heterocycles. The summed E-state index contributed by atoms with van der Waals surface area (Å²) in [5, 5.41) is 0.281. The van der Waals surface area contributed by atoms with Crippen LogP contribution < -0.4 is 29.6 Å². The molecule has 0 bridgehead atoms. The Balaban J connectivity index is 0.000000319. The maximum atomic E-state index is 11.9. The average molecular weight is 602 g/mol. The van der Waals surface area contributed by atoms with Crippen molar-refractivity contribution in [2.75, 3.05) is 22.6 Å². The molecule has 0 saturated heterocycles. The van der Waals surface area contributed by atoms with Crippen LogP contribution in [0.3, 0.4) is 0 Å². The van der Waals surface area contributed by atoms with Crippen molar-refractivity contribution in [1.29, 1.82) is 0 Å². The molecule has 0 spiro atoms. The van der Waals surface area contributed by atoms with Crippen molar-refractivity contribution in [3.05, 3.63) is 47.3 Å². The second-order valence-electron chi connectivity index (χ2n) is 7.61. The molecule has 4 rings (SSSR count). The number of fused-ring (bicyclic) bond motifs is 2. The maximum absolute atomic E-state index is 11.9. The van der Waals surface area contributed by atoms with E-state index in [0.717, 1.165) is 45.0 Å². The Morgan fingerprint density at radius 1 is 0.917 bits per heavy atom. The fourth-order valence-electron chi connectivity index (χ4n) is 3.17. The summed E-state index contributed by atoms with van der Waals surface area (Å²) in [6, 6.07) is 3.87. The fourth-order valence-corrected chi connectivity index (χ4v) is 3.94. The first-order chi connectivity index (χ1) is 16.7. The van der Waals surface area contributed by atoms with E-state index in [9.17, 15) is 9.59 Å². The molecule has 36 heavy (non-hydrogen) atoms. The standard InChI is InChI=1S/C12H15N3OS.C10H10BrN3O.C2H6S.Na/c1-4-17-7-10(16)12-14-9-5-8(2)6-13-11(9)15(12)3;1-6-3-7-9(12-5-6)14(2)10(13-7)8(15)4-11;1-2-3;/h5-6H,4,7H2,1-3H3;3,5H,4H2,1-2H3;3H,2H2,1H3;/q;;;+1/p-1. The van der Waals surface area contributed by atoms with Crippen molar-refractivity contribution in [3.8, 4) is 0 Å². The van der Waals surface area contributed by atoms with Gasteiger partial charge in [-0.05, 0) is 42.9 Å². The van der Waals surface area contributed by atoms with E-state index in [1.54, 1.807) is 40.3 Å². The van der Waals surface area contributed by atoms with E-state index >= 15 is 0 Å². The van der Waals surface area contributed by atoms with E-state index in [1.807, 2.05) is 46.9 Å². The summed E-state index contributed by atoms with van der Waals surface area (Å²) < 4.78 is 3.49. The van der Waals surface area contributed by atoms with Crippen LogP contribution in [0.4, 0.5) is 0 Å². The molecule has 0 aliphatic rings. The van der Waals surface area contributed by atoms with Gasteiger partial charge in [0.2, 0.25) is 11.6 Å². The molecule has 0 saturated carbocycles. The molecule has 4 aromatic rings. The Morgan fingerprint density at radius 3 is 1.72 bits per heavy atom. The monoisotopic (exact) mass is 600 g/mol. The van der Waals surface area contributed by atoms with Gasteiger partial charge in [0.05, 0.1) is 11.1 Å². The summed E-state index contributed by atoms with van der Waals surface area (Å²) >= 11 is 9.14. The number of halogens is 1. The summed E-state index contributed by atoms with van der Waals surface area (Å²) in [5.74, 6) is 3.22. The zero-order valence-corrected chi connectivity index (χ0v) is 27.1. The molecule has 4 aromatic heterocycles. The quantitative estimate of drug-likeness (QED) is 0.143. The predicted molar refractivity (Wildman–Crippen MR) is 150 cm³/mol. The molecule has 12 heteroatoms. The number of ketones is 2. The van der Waals surface area contributed by atoms with Crippen molar-refractivity contribution in [2.24, 2.45) is 14.1 Å². The van der Waals surface area contributed by atoms with Gasteiger partial charge in [0.15, 0.2) is 22.9 Å². The Hall–Kier alpha value is -1.24. The Morgan fingerprint density at radius 2 is 1.33 bits per heavy atom. The normalized spacial score (nSPS) is 10.2. The van der Waals surface area contributed by atoms with E-state index in [4.69, 9.17) is 0 Å². The minimum atomic E-state index is -0.0341. The molecule has 0 aliphatic carbocycles. The molecule has 0 aliphatic heterocycles. The Bertz CT molecular complexity index is 1330. The maximum Gasteiger partial charge on any atom is 1.00 e. The summed E-state index contributed by atoms with van der Waals surface area (Å²) in [6.45, 7) is 7.90. The molecular weight excluding hydrogens is 571 g/mol. The van der Waals surface area contributed by atoms with Crippen molar-refractivity contribution in [1.82, 2.24) is 29.1 Å². The number of aromatic nitrogens is 6. The summed E-state index contributed by atoms with van der Waals surface area (Å²) in [7, 11) is 3.63. The van der Waals surface area contributed by atoms with Gasteiger partial charge < -0.3 is 21.8 Å². The number of rotatable bonds is 6. The summed E-state index contributed by atoms with van der Waals surface area (Å²) in [4.78, 5) is 40.7. The molecule has 0 atom stereocenters. The minimum absolute atomic E-state index is 0. The molecule has 0 unspecified atom stereocenters. The van der Waals surface area contributed by atoms with Crippen molar-refractivity contribution in [2.45, 2.75) is 27.7 Å². The van der Waals surface area contributed by atoms with Crippen molar-refractivity contribution in [3.63, 3.8) is 0 Å². The van der Waals surface area contributed by atoms with Crippen molar-refractivity contribution < 1.29 is 39.1 Å². The van der Waals surface area contributed by atoms with E-state index in [2.05, 4.69) is 48.5 Å². The van der Waals surface area contributed by atoms with Crippen LogP contribution in [-0.4, -0.2) is 63.2 Å². The number of imidazole rings is 2. The summed E-state index contributed by atoms with van der Waals surface area (Å²) in [5.41, 5.74) is 5.15. The van der Waals surface area contributed by atoms with Crippen LogP contribution in [0.2, 0.25) is 0 Å². The second kappa shape index (κ2) is 15.9. The van der Waals surface area contributed by atoms with Gasteiger partial charge in [-0.2, -0.15) is 17.5 Å². The van der Waals surface area contributed by atoms with Gasteiger partial charge in [-0.25, -0.2) is 19.9 Å². The van der Waals surface area contributed by atoms with Crippen LogP contribution in [0.25, 0.3) is 22.3 Å². The topological polar surface area (TPSA) is 95.6 Å². The van der Waals surface area contributed by atoms with Crippen LogP contribution in [0.15, 0.2) is 24.5 Å². The molecule has 0 N–H and O–H groups in total. The van der Waals surface area contributed by atoms with Crippen LogP contribution >= 0.6 is 27.7 Å². The zero-order valence-electron chi connectivity index (χ0n) is 21.8. The van der Waals surface area contributed by atoms with Crippen LogP contribution in [-0.2, 0) is 26.7 Å².